The van der Waals surface area contributed by atoms with Crippen LogP contribution in [0.3, 0.4) is 0 Å². The van der Waals surface area contributed by atoms with Crippen molar-refractivity contribution >= 4 is 29.1 Å². The molecule has 1 aromatic heterocycles. The Morgan fingerprint density at radius 1 is 1.42 bits per heavy atom. The third kappa shape index (κ3) is 3.68. The number of Topliss-reactive ketones (excluding diaryl/α,β-unsaturated/α-hetero) is 1. The van der Waals surface area contributed by atoms with Crippen LogP contribution in [0.1, 0.15) is 10.4 Å². The molecule has 0 amide bonds. The van der Waals surface area contributed by atoms with E-state index in [2.05, 4.69) is 9.97 Å². The number of aromatic nitrogens is 2. The van der Waals surface area contributed by atoms with Crippen LogP contribution in [-0.4, -0.2) is 28.6 Å². The molecule has 0 spiro atoms. The van der Waals surface area contributed by atoms with Gasteiger partial charge in [0.15, 0.2) is 5.78 Å². The number of thioether (sulfide) groups is 1. The molecule has 2 rings (SSSR count). The molecule has 1 aromatic carbocycles. The zero-order chi connectivity index (χ0) is 13.7. The fourth-order valence-corrected chi connectivity index (χ4v) is 2.41. The molecule has 0 aliphatic rings. The summed E-state index contributed by atoms with van der Waals surface area (Å²) >= 11 is 7.35. The van der Waals surface area contributed by atoms with E-state index in [1.165, 1.54) is 25.2 Å². The van der Waals surface area contributed by atoms with Crippen LogP contribution in [-0.2, 0) is 0 Å². The highest BCUT2D eigenvalue weighted by atomic mass is 35.5. The molecule has 0 bridgehead atoms. The van der Waals surface area contributed by atoms with Crippen LogP contribution in [0.15, 0.2) is 41.8 Å². The topological polar surface area (TPSA) is 52.1 Å². The van der Waals surface area contributed by atoms with Crippen molar-refractivity contribution in [3.8, 4) is 5.75 Å². The minimum atomic E-state index is -0.00633. The van der Waals surface area contributed by atoms with Crippen molar-refractivity contribution in [1.29, 1.82) is 0 Å². The van der Waals surface area contributed by atoms with Gasteiger partial charge in [-0.15, -0.1) is 0 Å². The number of ether oxygens (including phenoxy) is 1. The average Bonchev–Trinajstić information content (AvgIpc) is 2.45. The van der Waals surface area contributed by atoms with Crippen LogP contribution < -0.4 is 4.74 Å². The zero-order valence-corrected chi connectivity index (χ0v) is 11.7. The summed E-state index contributed by atoms with van der Waals surface area (Å²) in [7, 11) is 1.54. The summed E-state index contributed by atoms with van der Waals surface area (Å²) in [5.74, 6) is 0.856. The second-order valence-corrected chi connectivity index (χ2v) is 5.01. The molecule has 0 unspecified atom stereocenters. The first-order valence-corrected chi connectivity index (χ1v) is 6.82. The SMILES string of the molecule is COc1ccc(C(=O)CSc2ccncn2)cc1Cl. The number of rotatable bonds is 5. The maximum atomic E-state index is 12.0. The average molecular weight is 295 g/mol. The highest BCUT2D eigenvalue weighted by Gasteiger charge is 2.10. The Bertz CT molecular complexity index is 578. The Labute approximate surface area is 120 Å². The smallest absolute Gasteiger partial charge is 0.173 e. The first kappa shape index (κ1) is 13.8. The van der Waals surface area contributed by atoms with Crippen LogP contribution in [0, 0.1) is 0 Å². The molecule has 4 nitrogen and oxygen atoms in total. The predicted molar refractivity (Wildman–Crippen MR) is 75.1 cm³/mol. The number of ketones is 1. The van der Waals surface area contributed by atoms with E-state index in [4.69, 9.17) is 16.3 Å². The molecule has 0 fully saturated rings. The fraction of sp³-hybridized carbons (Fsp3) is 0.154. The summed E-state index contributed by atoms with van der Waals surface area (Å²) in [4.78, 5) is 19.9. The quantitative estimate of drug-likeness (QED) is 0.482. The summed E-state index contributed by atoms with van der Waals surface area (Å²) in [6.45, 7) is 0. The van der Waals surface area contributed by atoms with Gasteiger partial charge in [0.2, 0.25) is 0 Å². The summed E-state index contributed by atoms with van der Waals surface area (Å²) in [5.41, 5.74) is 0.562. The van der Waals surface area contributed by atoms with E-state index >= 15 is 0 Å². The Hall–Kier alpha value is -1.59. The minimum Gasteiger partial charge on any atom is -0.495 e. The summed E-state index contributed by atoms with van der Waals surface area (Å²) in [6, 6.07) is 6.76. The largest absolute Gasteiger partial charge is 0.495 e. The number of halogens is 1. The van der Waals surface area contributed by atoms with Gasteiger partial charge in [-0.3, -0.25) is 4.79 Å². The van der Waals surface area contributed by atoms with E-state index in [9.17, 15) is 4.79 Å². The number of carbonyl (C=O) groups excluding carboxylic acids is 1. The van der Waals surface area contributed by atoms with E-state index in [0.29, 0.717) is 22.1 Å². The number of methoxy groups -OCH3 is 1. The van der Waals surface area contributed by atoms with Gasteiger partial charge in [-0.2, -0.15) is 0 Å². The first-order valence-electron chi connectivity index (χ1n) is 5.46. The number of hydrogen-bond acceptors (Lipinski definition) is 5. The standard InChI is InChI=1S/C13H11ClN2O2S/c1-18-12-3-2-9(6-10(12)14)11(17)7-19-13-4-5-15-8-16-13/h2-6,8H,7H2,1H3. The molecule has 0 radical (unpaired) electrons. The third-order valence-corrected chi connectivity index (χ3v) is 3.62. The van der Waals surface area contributed by atoms with Crippen molar-refractivity contribution in [2.45, 2.75) is 5.03 Å². The number of hydrogen-bond donors (Lipinski definition) is 0. The van der Waals surface area contributed by atoms with Gasteiger partial charge in [0.1, 0.15) is 12.1 Å². The van der Waals surface area contributed by atoms with Gasteiger partial charge in [0.25, 0.3) is 0 Å². The molecule has 0 aliphatic carbocycles. The molecule has 98 valence electrons. The molecule has 6 heteroatoms. The Kier molecular flexibility index (Phi) is 4.76. The number of nitrogens with zero attached hydrogens (tertiary/aromatic N) is 2. The number of benzene rings is 1. The molecule has 0 saturated carbocycles. The molecule has 2 aromatic rings. The molecule has 0 saturated heterocycles. The van der Waals surface area contributed by atoms with Crippen LogP contribution in [0.25, 0.3) is 0 Å². The van der Waals surface area contributed by atoms with Gasteiger partial charge in [-0.25, -0.2) is 9.97 Å². The maximum absolute atomic E-state index is 12.0. The van der Waals surface area contributed by atoms with Gasteiger partial charge in [-0.1, -0.05) is 23.4 Å². The molecule has 0 aliphatic heterocycles. The number of carbonyl (C=O) groups is 1. The van der Waals surface area contributed by atoms with Crippen LogP contribution >= 0.6 is 23.4 Å². The van der Waals surface area contributed by atoms with Gasteiger partial charge in [0, 0.05) is 11.8 Å². The van der Waals surface area contributed by atoms with Crippen LogP contribution in [0.5, 0.6) is 5.75 Å². The van der Waals surface area contributed by atoms with E-state index in [1.807, 2.05) is 0 Å². The lowest BCUT2D eigenvalue weighted by molar-refractivity contribution is 0.102. The first-order chi connectivity index (χ1) is 9.20. The molecule has 19 heavy (non-hydrogen) atoms. The van der Waals surface area contributed by atoms with E-state index < -0.39 is 0 Å². The monoisotopic (exact) mass is 294 g/mol. The van der Waals surface area contributed by atoms with Crippen LogP contribution in [0.2, 0.25) is 5.02 Å². The lowest BCUT2D eigenvalue weighted by atomic mass is 10.1. The summed E-state index contributed by atoms with van der Waals surface area (Å²) < 4.78 is 5.04. The second kappa shape index (κ2) is 6.54. The van der Waals surface area contributed by atoms with Gasteiger partial charge < -0.3 is 4.74 Å². The van der Waals surface area contributed by atoms with Crippen molar-refractivity contribution in [1.82, 2.24) is 9.97 Å². The molecule has 0 atom stereocenters. The van der Waals surface area contributed by atoms with E-state index in [1.54, 1.807) is 30.5 Å². The summed E-state index contributed by atoms with van der Waals surface area (Å²) in [5, 5.41) is 1.20. The molecule has 0 N–H and O–H groups in total. The fourth-order valence-electron chi connectivity index (χ4n) is 1.43. The van der Waals surface area contributed by atoms with Crippen LogP contribution in [0.4, 0.5) is 0 Å². The van der Waals surface area contributed by atoms with Crippen molar-refractivity contribution < 1.29 is 9.53 Å². The normalized spacial score (nSPS) is 10.2. The van der Waals surface area contributed by atoms with Crippen molar-refractivity contribution in [2.24, 2.45) is 0 Å². The minimum absolute atomic E-state index is 0.00633. The molecular formula is C13H11ClN2O2S. The Morgan fingerprint density at radius 2 is 2.26 bits per heavy atom. The Balaban J connectivity index is 2.02. The van der Waals surface area contributed by atoms with Crippen molar-refractivity contribution in [3.05, 3.63) is 47.4 Å². The maximum Gasteiger partial charge on any atom is 0.173 e. The van der Waals surface area contributed by atoms with E-state index in [-0.39, 0.29) is 5.78 Å². The third-order valence-electron chi connectivity index (χ3n) is 2.38. The summed E-state index contributed by atoms with van der Waals surface area (Å²) in [6.07, 6.45) is 3.10. The highest BCUT2D eigenvalue weighted by Crippen LogP contribution is 2.26. The lowest BCUT2D eigenvalue weighted by Crippen LogP contribution is -2.03. The van der Waals surface area contributed by atoms with Crippen molar-refractivity contribution in [3.63, 3.8) is 0 Å². The Morgan fingerprint density at radius 3 is 2.89 bits per heavy atom. The van der Waals surface area contributed by atoms with Gasteiger partial charge >= 0.3 is 0 Å². The second-order valence-electron chi connectivity index (χ2n) is 3.61. The van der Waals surface area contributed by atoms with Crippen molar-refractivity contribution in [2.75, 3.05) is 12.9 Å². The van der Waals surface area contributed by atoms with Gasteiger partial charge in [-0.05, 0) is 24.3 Å². The highest BCUT2D eigenvalue weighted by molar-refractivity contribution is 7.99. The molecule has 1 heterocycles. The lowest BCUT2D eigenvalue weighted by Gasteiger charge is -2.05. The molecular weight excluding hydrogens is 284 g/mol. The zero-order valence-electron chi connectivity index (χ0n) is 10.2. The van der Waals surface area contributed by atoms with E-state index in [0.717, 1.165) is 5.03 Å². The predicted octanol–water partition coefficient (Wildman–Crippen LogP) is 3.11. The van der Waals surface area contributed by atoms with Gasteiger partial charge in [0.05, 0.1) is 22.9 Å².